The summed E-state index contributed by atoms with van der Waals surface area (Å²) in [5.41, 5.74) is -0.943. The van der Waals surface area contributed by atoms with Crippen molar-refractivity contribution < 1.29 is 9.53 Å². The van der Waals surface area contributed by atoms with Crippen molar-refractivity contribution >= 4 is 5.97 Å². The van der Waals surface area contributed by atoms with Crippen molar-refractivity contribution in [2.45, 2.75) is 60.0 Å². The molecule has 0 radical (unpaired) electrons. The molecular formula is C14H26O2. The van der Waals surface area contributed by atoms with E-state index in [1.54, 1.807) is 6.08 Å². The molecule has 0 saturated heterocycles. The van der Waals surface area contributed by atoms with E-state index in [1.165, 1.54) is 0 Å². The molecule has 0 bridgehead atoms. The van der Waals surface area contributed by atoms with Gasteiger partial charge in [0.1, 0.15) is 5.60 Å². The fourth-order valence-electron chi connectivity index (χ4n) is 1.48. The SMILES string of the molecule is C=CC(CC)(OC(=O)C(C)(C)CC)C(C)C. The van der Waals surface area contributed by atoms with Gasteiger partial charge in [-0.1, -0.05) is 34.3 Å². The first-order valence-corrected chi connectivity index (χ1v) is 6.12. The Balaban J connectivity index is 4.92. The van der Waals surface area contributed by atoms with E-state index in [0.29, 0.717) is 0 Å². The molecule has 0 fully saturated rings. The van der Waals surface area contributed by atoms with Crippen LogP contribution in [0.5, 0.6) is 0 Å². The first kappa shape index (κ1) is 15.2. The molecule has 0 amide bonds. The highest BCUT2D eigenvalue weighted by Crippen LogP contribution is 2.32. The second-order valence-corrected chi connectivity index (χ2v) is 5.29. The van der Waals surface area contributed by atoms with Crippen molar-refractivity contribution in [3.05, 3.63) is 12.7 Å². The molecule has 94 valence electrons. The van der Waals surface area contributed by atoms with E-state index >= 15 is 0 Å². The topological polar surface area (TPSA) is 26.3 Å². The van der Waals surface area contributed by atoms with Gasteiger partial charge >= 0.3 is 5.97 Å². The highest BCUT2D eigenvalue weighted by atomic mass is 16.6. The number of carbonyl (C=O) groups is 1. The average Bonchev–Trinajstić information content (AvgIpc) is 2.25. The van der Waals surface area contributed by atoms with Crippen LogP contribution in [0, 0.1) is 11.3 Å². The molecule has 0 aliphatic carbocycles. The van der Waals surface area contributed by atoms with Crippen molar-refractivity contribution in [2.24, 2.45) is 11.3 Å². The molecule has 0 heterocycles. The van der Waals surface area contributed by atoms with Gasteiger partial charge in [0.2, 0.25) is 0 Å². The predicted molar refractivity (Wildman–Crippen MR) is 68.2 cm³/mol. The molecule has 0 saturated carbocycles. The van der Waals surface area contributed by atoms with Crippen LogP contribution in [-0.4, -0.2) is 11.6 Å². The van der Waals surface area contributed by atoms with Gasteiger partial charge in [0.05, 0.1) is 5.41 Å². The van der Waals surface area contributed by atoms with E-state index in [1.807, 2.05) is 27.7 Å². The van der Waals surface area contributed by atoms with E-state index in [9.17, 15) is 4.79 Å². The van der Waals surface area contributed by atoms with Crippen LogP contribution < -0.4 is 0 Å². The minimum Gasteiger partial charge on any atom is -0.454 e. The van der Waals surface area contributed by atoms with Crippen LogP contribution >= 0.6 is 0 Å². The van der Waals surface area contributed by atoms with Crippen LogP contribution in [0.25, 0.3) is 0 Å². The number of hydrogen-bond donors (Lipinski definition) is 0. The highest BCUT2D eigenvalue weighted by molar-refractivity contribution is 5.76. The summed E-state index contributed by atoms with van der Waals surface area (Å²) in [7, 11) is 0. The smallest absolute Gasteiger partial charge is 0.312 e. The summed E-state index contributed by atoms with van der Waals surface area (Å²) in [5.74, 6) is 0.108. The van der Waals surface area contributed by atoms with Crippen molar-refractivity contribution in [1.29, 1.82) is 0 Å². The predicted octanol–water partition coefficient (Wildman–Crippen LogP) is 3.96. The van der Waals surface area contributed by atoms with Crippen molar-refractivity contribution in [1.82, 2.24) is 0 Å². The molecule has 0 spiro atoms. The zero-order chi connectivity index (χ0) is 13.0. The molecule has 0 rings (SSSR count). The van der Waals surface area contributed by atoms with Crippen LogP contribution in [0.15, 0.2) is 12.7 Å². The maximum absolute atomic E-state index is 12.1. The third-order valence-electron chi connectivity index (χ3n) is 3.59. The van der Waals surface area contributed by atoms with Crippen molar-refractivity contribution in [2.75, 3.05) is 0 Å². The molecule has 16 heavy (non-hydrogen) atoms. The largest absolute Gasteiger partial charge is 0.454 e. The molecular weight excluding hydrogens is 200 g/mol. The first-order chi connectivity index (χ1) is 7.25. The number of esters is 1. The fraction of sp³-hybridized carbons (Fsp3) is 0.786. The zero-order valence-corrected chi connectivity index (χ0v) is 11.6. The van der Waals surface area contributed by atoms with Gasteiger partial charge in [-0.05, 0) is 38.7 Å². The maximum atomic E-state index is 12.1. The lowest BCUT2D eigenvalue weighted by Gasteiger charge is -2.36. The van der Waals surface area contributed by atoms with Gasteiger partial charge < -0.3 is 4.74 Å². The minimum atomic E-state index is -0.524. The van der Waals surface area contributed by atoms with E-state index in [-0.39, 0.29) is 11.9 Å². The van der Waals surface area contributed by atoms with Gasteiger partial charge in [-0.2, -0.15) is 0 Å². The second kappa shape index (κ2) is 5.51. The molecule has 0 aromatic heterocycles. The molecule has 0 aliphatic heterocycles. The molecule has 1 unspecified atom stereocenters. The van der Waals surface area contributed by atoms with Gasteiger partial charge in [0.15, 0.2) is 0 Å². The van der Waals surface area contributed by atoms with Crippen LogP contribution in [0.4, 0.5) is 0 Å². The molecule has 0 aromatic carbocycles. The molecule has 0 N–H and O–H groups in total. The van der Waals surface area contributed by atoms with Crippen LogP contribution in [0.2, 0.25) is 0 Å². The van der Waals surface area contributed by atoms with Gasteiger partial charge in [0, 0.05) is 0 Å². The van der Waals surface area contributed by atoms with Gasteiger partial charge in [-0.25, -0.2) is 0 Å². The van der Waals surface area contributed by atoms with Crippen molar-refractivity contribution in [3.63, 3.8) is 0 Å². The third kappa shape index (κ3) is 3.10. The number of hydrogen-bond acceptors (Lipinski definition) is 2. The lowest BCUT2D eigenvalue weighted by molar-refractivity contribution is -0.170. The summed E-state index contributed by atoms with van der Waals surface area (Å²) in [6.07, 6.45) is 3.31. The monoisotopic (exact) mass is 226 g/mol. The lowest BCUT2D eigenvalue weighted by atomic mass is 9.85. The Labute approximate surface area is 100 Å². The summed E-state index contributed by atoms with van der Waals surface area (Å²) in [6.45, 7) is 15.8. The minimum absolute atomic E-state index is 0.134. The van der Waals surface area contributed by atoms with Crippen LogP contribution in [0.3, 0.4) is 0 Å². The summed E-state index contributed by atoms with van der Waals surface area (Å²) in [4.78, 5) is 12.1. The zero-order valence-electron chi connectivity index (χ0n) is 11.6. The fourth-order valence-corrected chi connectivity index (χ4v) is 1.48. The normalized spacial score (nSPS) is 15.7. The number of ether oxygens (including phenoxy) is 1. The first-order valence-electron chi connectivity index (χ1n) is 6.12. The Morgan fingerprint density at radius 3 is 2.06 bits per heavy atom. The average molecular weight is 226 g/mol. The Hall–Kier alpha value is -0.790. The van der Waals surface area contributed by atoms with E-state index in [4.69, 9.17) is 4.74 Å². The van der Waals surface area contributed by atoms with E-state index in [2.05, 4.69) is 20.4 Å². The van der Waals surface area contributed by atoms with Gasteiger partial charge in [0.25, 0.3) is 0 Å². The quantitative estimate of drug-likeness (QED) is 0.506. The summed E-state index contributed by atoms with van der Waals surface area (Å²) in [5, 5.41) is 0. The van der Waals surface area contributed by atoms with Crippen LogP contribution in [0.1, 0.15) is 54.4 Å². The molecule has 0 aliphatic rings. The van der Waals surface area contributed by atoms with Gasteiger partial charge in [-0.3, -0.25) is 4.79 Å². The van der Waals surface area contributed by atoms with Gasteiger partial charge in [-0.15, -0.1) is 0 Å². The van der Waals surface area contributed by atoms with E-state index in [0.717, 1.165) is 12.8 Å². The molecule has 2 heteroatoms. The Morgan fingerprint density at radius 1 is 1.31 bits per heavy atom. The number of carbonyl (C=O) groups excluding carboxylic acids is 1. The Bertz CT molecular complexity index is 253. The van der Waals surface area contributed by atoms with Crippen molar-refractivity contribution in [3.8, 4) is 0 Å². The van der Waals surface area contributed by atoms with E-state index < -0.39 is 11.0 Å². The molecule has 2 nitrogen and oxygen atoms in total. The highest BCUT2D eigenvalue weighted by Gasteiger charge is 2.37. The maximum Gasteiger partial charge on any atom is 0.312 e. The standard InChI is InChI=1S/C14H26O2/c1-8-13(6,7)12(15)16-14(9-2,10-3)11(4)5/h9,11H,2,8,10H2,1,3-7H3. The Kier molecular flexibility index (Phi) is 5.24. The summed E-state index contributed by atoms with van der Waals surface area (Å²) < 4.78 is 5.70. The summed E-state index contributed by atoms with van der Waals surface area (Å²) in [6, 6.07) is 0. The molecule has 1 atom stereocenters. The Morgan fingerprint density at radius 2 is 1.81 bits per heavy atom. The summed E-state index contributed by atoms with van der Waals surface area (Å²) >= 11 is 0. The van der Waals surface area contributed by atoms with Crippen LogP contribution in [-0.2, 0) is 9.53 Å². The number of rotatable bonds is 6. The third-order valence-corrected chi connectivity index (χ3v) is 3.59. The lowest BCUT2D eigenvalue weighted by Crippen LogP contribution is -2.41. The second-order valence-electron chi connectivity index (χ2n) is 5.29. The molecule has 0 aromatic rings.